The van der Waals surface area contributed by atoms with Crippen LogP contribution in [-0.4, -0.2) is 24.2 Å². The molecule has 194 valence electrons. The molecule has 0 radical (unpaired) electrons. The molecule has 0 aliphatic rings. The number of methoxy groups -OCH3 is 1. The highest BCUT2D eigenvalue weighted by Crippen LogP contribution is 2.33. The van der Waals surface area contributed by atoms with Crippen LogP contribution in [0.1, 0.15) is 21.5 Å². The molecule has 0 atom stereocenters. The van der Waals surface area contributed by atoms with Crippen LogP contribution in [0.25, 0.3) is 22.2 Å². The number of fused-ring (bicyclic) bond motifs is 1. The maximum absolute atomic E-state index is 13.5. The normalized spacial score (nSPS) is 11.1. The van der Waals surface area contributed by atoms with Crippen molar-refractivity contribution < 1.29 is 18.7 Å². The zero-order chi connectivity index (χ0) is 27.2. The van der Waals surface area contributed by atoms with E-state index in [1.54, 1.807) is 30.3 Å². The molecule has 1 amide bonds. The lowest BCUT2D eigenvalue weighted by Gasteiger charge is -2.13. The van der Waals surface area contributed by atoms with Crippen LogP contribution in [0.15, 0.2) is 107 Å². The van der Waals surface area contributed by atoms with Crippen molar-refractivity contribution in [1.29, 1.82) is 0 Å². The fourth-order valence-electron chi connectivity index (χ4n) is 4.05. The lowest BCUT2D eigenvalue weighted by molar-refractivity contribution is 0.0956. The number of rotatable bonds is 8. The van der Waals surface area contributed by atoms with E-state index < -0.39 is 0 Å². The number of hydrogen-bond acceptors (Lipinski definition) is 5. The third-order valence-electron chi connectivity index (χ3n) is 5.97. The van der Waals surface area contributed by atoms with Crippen LogP contribution in [0, 0.1) is 5.82 Å². The number of benzene rings is 4. The van der Waals surface area contributed by atoms with E-state index in [1.807, 2.05) is 54.6 Å². The van der Waals surface area contributed by atoms with E-state index >= 15 is 0 Å². The molecule has 0 bridgehead atoms. The van der Waals surface area contributed by atoms with Gasteiger partial charge in [-0.25, -0.2) is 14.8 Å². The maximum Gasteiger partial charge on any atom is 0.272 e. The third-order valence-corrected chi connectivity index (χ3v) is 6.65. The molecule has 8 heteroatoms. The maximum atomic E-state index is 13.5. The number of ether oxygens (including phenoxy) is 2. The minimum absolute atomic E-state index is 0.176. The number of carbonyl (C=O) groups is 1. The van der Waals surface area contributed by atoms with Crippen molar-refractivity contribution >= 4 is 39.0 Å². The van der Waals surface area contributed by atoms with Gasteiger partial charge in [0.1, 0.15) is 12.4 Å². The second-order valence-corrected chi connectivity index (χ2v) is 9.43. The SMILES string of the molecule is COc1cc(/C=N/NC(=O)c2cc(-c3ccccc3)nc3ccccc23)c(Br)cc1OCc1cccc(F)c1. The van der Waals surface area contributed by atoms with E-state index in [4.69, 9.17) is 14.5 Å². The van der Waals surface area contributed by atoms with E-state index in [0.29, 0.717) is 43.9 Å². The van der Waals surface area contributed by atoms with Gasteiger partial charge in [-0.3, -0.25) is 4.79 Å². The Hall–Kier alpha value is -4.56. The van der Waals surface area contributed by atoms with Crippen LogP contribution in [0.4, 0.5) is 4.39 Å². The number of para-hydroxylation sites is 1. The van der Waals surface area contributed by atoms with E-state index in [1.165, 1.54) is 25.5 Å². The summed E-state index contributed by atoms with van der Waals surface area (Å²) in [6, 6.07) is 28.6. The standard InChI is InChI=1S/C31H23BrFN3O3/c1-38-29-15-22(26(32)17-30(29)39-19-20-8-7-11-23(33)14-20)18-34-36-31(37)25-16-28(21-9-3-2-4-10-21)35-27-13-6-5-12-24(25)27/h2-18H,19H2,1H3,(H,36,37)/b34-18+. The van der Waals surface area contributed by atoms with Crippen LogP contribution in [0.3, 0.4) is 0 Å². The Morgan fingerprint density at radius 1 is 0.974 bits per heavy atom. The van der Waals surface area contributed by atoms with Gasteiger partial charge in [-0.1, -0.05) is 60.7 Å². The van der Waals surface area contributed by atoms with Gasteiger partial charge in [0, 0.05) is 21.0 Å². The Labute approximate surface area is 233 Å². The first kappa shape index (κ1) is 26.1. The van der Waals surface area contributed by atoms with Gasteiger partial charge in [-0.2, -0.15) is 5.10 Å². The van der Waals surface area contributed by atoms with Crippen molar-refractivity contribution in [3.63, 3.8) is 0 Å². The fraction of sp³-hybridized carbons (Fsp3) is 0.0645. The van der Waals surface area contributed by atoms with Gasteiger partial charge >= 0.3 is 0 Å². The van der Waals surface area contributed by atoms with Crippen molar-refractivity contribution in [1.82, 2.24) is 10.4 Å². The van der Waals surface area contributed by atoms with Crippen LogP contribution >= 0.6 is 15.9 Å². The van der Waals surface area contributed by atoms with Gasteiger partial charge in [0.25, 0.3) is 5.91 Å². The van der Waals surface area contributed by atoms with Crippen LogP contribution < -0.4 is 14.9 Å². The van der Waals surface area contributed by atoms with E-state index in [2.05, 4.69) is 26.5 Å². The molecule has 39 heavy (non-hydrogen) atoms. The molecular formula is C31H23BrFN3O3. The number of amides is 1. The highest BCUT2D eigenvalue weighted by Gasteiger charge is 2.14. The van der Waals surface area contributed by atoms with E-state index in [0.717, 1.165) is 10.9 Å². The molecule has 1 N–H and O–H groups in total. The van der Waals surface area contributed by atoms with Gasteiger partial charge in [0.05, 0.1) is 30.1 Å². The van der Waals surface area contributed by atoms with Gasteiger partial charge in [-0.05, 0) is 57.9 Å². The van der Waals surface area contributed by atoms with Gasteiger partial charge in [-0.15, -0.1) is 0 Å². The van der Waals surface area contributed by atoms with Crippen LogP contribution in [0.2, 0.25) is 0 Å². The fourth-order valence-corrected chi connectivity index (χ4v) is 4.48. The van der Waals surface area contributed by atoms with Gasteiger partial charge in [0.15, 0.2) is 11.5 Å². The molecule has 0 spiro atoms. The lowest BCUT2D eigenvalue weighted by atomic mass is 10.0. The number of nitrogens with zero attached hydrogens (tertiary/aromatic N) is 2. The van der Waals surface area contributed by atoms with Crippen molar-refractivity contribution in [3.8, 4) is 22.8 Å². The zero-order valence-electron chi connectivity index (χ0n) is 20.9. The van der Waals surface area contributed by atoms with Crippen molar-refractivity contribution in [3.05, 3.63) is 124 Å². The van der Waals surface area contributed by atoms with Crippen LogP contribution in [-0.2, 0) is 6.61 Å². The minimum Gasteiger partial charge on any atom is -0.493 e. The number of aromatic nitrogens is 1. The molecule has 5 rings (SSSR count). The predicted octanol–water partition coefficient (Wildman–Crippen LogP) is 7.15. The second kappa shape index (κ2) is 11.9. The summed E-state index contributed by atoms with van der Waals surface area (Å²) in [5, 5.41) is 4.91. The Morgan fingerprint density at radius 2 is 1.77 bits per heavy atom. The summed E-state index contributed by atoms with van der Waals surface area (Å²) in [7, 11) is 1.53. The molecule has 1 aromatic heterocycles. The first-order valence-corrected chi connectivity index (χ1v) is 12.8. The topological polar surface area (TPSA) is 72.8 Å². The van der Waals surface area contributed by atoms with Crippen molar-refractivity contribution in [2.45, 2.75) is 6.61 Å². The molecule has 6 nitrogen and oxygen atoms in total. The quantitative estimate of drug-likeness (QED) is 0.155. The van der Waals surface area contributed by atoms with Crippen molar-refractivity contribution in [2.75, 3.05) is 7.11 Å². The summed E-state index contributed by atoms with van der Waals surface area (Å²) in [4.78, 5) is 17.9. The average molecular weight is 584 g/mol. The molecule has 0 aliphatic carbocycles. The first-order chi connectivity index (χ1) is 19.0. The van der Waals surface area contributed by atoms with Crippen LogP contribution in [0.5, 0.6) is 11.5 Å². The molecule has 4 aromatic carbocycles. The Balaban J connectivity index is 1.35. The highest BCUT2D eigenvalue weighted by molar-refractivity contribution is 9.10. The summed E-state index contributed by atoms with van der Waals surface area (Å²) in [5.74, 6) is 0.260. The molecule has 0 aliphatic heterocycles. The molecule has 0 saturated heterocycles. The molecule has 0 fully saturated rings. The lowest BCUT2D eigenvalue weighted by Crippen LogP contribution is -2.18. The van der Waals surface area contributed by atoms with E-state index in [9.17, 15) is 9.18 Å². The summed E-state index contributed by atoms with van der Waals surface area (Å²) < 4.78 is 25.5. The van der Waals surface area contributed by atoms with Gasteiger partial charge < -0.3 is 9.47 Å². The smallest absolute Gasteiger partial charge is 0.272 e. The molecule has 1 heterocycles. The number of nitrogens with one attached hydrogen (secondary N) is 1. The third kappa shape index (κ3) is 6.13. The number of carbonyl (C=O) groups excluding carboxylic acids is 1. The Kier molecular flexibility index (Phi) is 7.94. The largest absolute Gasteiger partial charge is 0.493 e. The number of halogens is 2. The average Bonchev–Trinajstić information content (AvgIpc) is 2.96. The summed E-state index contributed by atoms with van der Waals surface area (Å²) in [5.41, 5.74) is 6.78. The van der Waals surface area contributed by atoms with Gasteiger partial charge in [0.2, 0.25) is 0 Å². The highest BCUT2D eigenvalue weighted by atomic mass is 79.9. The number of hydrogen-bond donors (Lipinski definition) is 1. The zero-order valence-corrected chi connectivity index (χ0v) is 22.5. The molecule has 0 saturated carbocycles. The van der Waals surface area contributed by atoms with E-state index in [-0.39, 0.29) is 18.3 Å². The monoisotopic (exact) mass is 583 g/mol. The molecule has 0 unspecified atom stereocenters. The Morgan fingerprint density at radius 3 is 2.56 bits per heavy atom. The summed E-state index contributed by atoms with van der Waals surface area (Å²) >= 11 is 3.52. The minimum atomic E-state index is -0.361. The second-order valence-electron chi connectivity index (χ2n) is 8.58. The number of hydrazone groups is 1. The first-order valence-electron chi connectivity index (χ1n) is 12.0. The predicted molar refractivity (Wildman–Crippen MR) is 154 cm³/mol. The summed E-state index contributed by atoms with van der Waals surface area (Å²) in [6.45, 7) is 0.176. The number of pyridine rings is 1. The molecule has 5 aromatic rings. The summed E-state index contributed by atoms with van der Waals surface area (Å²) in [6.07, 6.45) is 1.52. The Bertz CT molecular complexity index is 1680. The molecular weight excluding hydrogens is 561 g/mol. The van der Waals surface area contributed by atoms with Crippen molar-refractivity contribution in [2.24, 2.45) is 5.10 Å².